The fraction of sp³-hybridized carbons (Fsp3) is 0.0345. The molecule has 1 N–H and O–H groups in total. The lowest BCUT2D eigenvalue weighted by Crippen LogP contribution is -2.17. The normalized spacial score (nSPS) is 10.3. The Morgan fingerprint density at radius 1 is 0.568 bits per heavy atom. The van der Waals surface area contributed by atoms with E-state index < -0.39 is 35.4 Å². The summed E-state index contributed by atoms with van der Waals surface area (Å²) in [5.41, 5.74) is 0.190. The van der Waals surface area contributed by atoms with Gasteiger partial charge < -0.3 is 19.3 Å². The topological polar surface area (TPSA) is 116 Å². The Morgan fingerprint density at radius 2 is 0.946 bits per heavy atom. The van der Waals surface area contributed by atoms with Gasteiger partial charge in [0.1, 0.15) is 0 Å². The highest BCUT2D eigenvalue weighted by molar-refractivity contribution is 5.98. The van der Waals surface area contributed by atoms with E-state index in [0.29, 0.717) is 0 Å². The summed E-state index contributed by atoms with van der Waals surface area (Å²) in [5.74, 6) is -5.05. The second-order valence-electron chi connectivity index (χ2n) is 7.78. The van der Waals surface area contributed by atoms with Gasteiger partial charge in [0.05, 0.1) is 22.3 Å². The number of benzene rings is 4. The summed E-state index contributed by atoms with van der Waals surface area (Å²) in [6, 6.07) is 24.9. The molecule has 8 nitrogen and oxygen atoms in total. The Kier molecular flexibility index (Phi) is 7.40. The first kappa shape index (κ1) is 24.9. The van der Waals surface area contributed by atoms with E-state index in [1.54, 1.807) is 54.6 Å². The molecule has 4 aromatic rings. The zero-order valence-electron chi connectivity index (χ0n) is 19.5. The van der Waals surface area contributed by atoms with E-state index in [1.807, 2.05) is 0 Å². The highest BCUT2D eigenvalue weighted by Gasteiger charge is 2.28. The van der Waals surface area contributed by atoms with E-state index >= 15 is 0 Å². The first-order chi connectivity index (χ1) is 17.8. The van der Waals surface area contributed by atoms with Crippen molar-refractivity contribution in [2.45, 2.75) is 6.92 Å². The molecule has 4 rings (SSSR count). The molecule has 8 heteroatoms. The molecule has 184 valence electrons. The Labute approximate surface area is 211 Å². The molecule has 0 aliphatic carbocycles. The number of esters is 3. The number of hydrogen-bond donors (Lipinski definition) is 1. The molecule has 0 atom stereocenters. The minimum absolute atomic E-state index is 0.00727. The smallest absolute Gasteiger partial charge is 0.343 e. The lowest BCUT2D eigenvalue weighted by molar-refractivity contribution is 0.0647. The molecule has 0 heterocycles. The Balaban J connectivity index is 1.84. The minimum Gasteiger partial charge on any atom is -0.478 e. The zero-order chi connectivity index (χ0) is 26.4. The van der Waals surface area contributed by atoms with E-state index in [0.717, 1.165) is 6.07 Å². The number of carboxylic acid groups (broad SMARTS) is 1. The summed E-state index contributed by atoms with van der Waals surface area (Å²) < 4.78 is 16.6. The van der Waals surface area contributed by atoms with E-state index in [-0.39, 0.29) is 33.6 Å². The van der Waals surface area contributed by atoms with Gasteiger partial charge in [-0.15, -0.1) is 0 Å². The van der Waals surface area contributed by atoms with Crippen LogP contribution in [0, 0.1) is 6.92 Å². The monoisotopic (exact) mass is 496 g/mol. The van der Waals surface area contributed by atoms with Gasteiger partial charge in [0.25, 0.3) is 0 Å². The number of aromatic carboxylic acids is 1. The van der Waals surface area contributed by atoms with Gasteiger partial charge >= 0.3 is 23.9 Å². The first-order valence-electron chi connectivity index (χ1n) is 11.1. The molecular formula is C29H20O8. The van der Waals surface area contributed by atoms with Crippen molar-refractivity contribution >= 4 is 23.9 Å². The first-order valence-corrected chi connectivity index (χ1v) is 11.1. The molecule has 0 aliphatic rings. The van der Waals surface area contributed by atoms with Gasteiger partial charge in [-0.25, -0.2) is 19.2 Å². The third-order valence-electron chi connectivity index (χ3n) is 5.30. The van der Waals surface area contributed by atoms with Crippen molar-refractivity contribution < 1.29 is 38.5 Å². The highest BCUT2D eigenvalue weighted by atomic mass is 16.6. The Bertz CT molecular complexity index is 1460. The molecule has 0 radical (unpaired) electrons. The third kappa shape index (κ3) is 5.71. The van der Waals surface area contributed by atoms with Gasteiger partial charge in [0, 0.05) is 5.56 Å². The molecule has 4 aromatic carbocycles. The maximum absolute atomic E-state index is 12.9. The van der Waals surface area contributed by atoms with Crippen LogP contribution in [0.3, 0.4) is 0 Å². The van der Waals surface area contributed by atoms with Crippen molar-refractivity contribution in [2.75, 3.05) is 0 Å². The van der Waals surface area contributed by atoms with Crippen molar-refractivity contribution in [3.63, 3.8) is 0 Å². The van der Waals surface area contributed by atoms with Gasteiger partial charge in [-0.3, -0.25) is 0 Å². The van der Waals surface area contributed by atoms with Crippen LogP contribution in [0.25, 0.3) is 0 Å². The van der Waals surface area contributed by atoms with E-state index in [4.69, 9.17) is 14.2 Å². The van der Waals surface area contributed by atoms with Crippen LogP contribution in [-0.2, 0) is 0 Å². The van der Waals surface area contributed by atoms with E-state index in [2.05, 4.69) is 0 Å². The predicted molar refractivity (Wildman–Crippen MR) is 132 cm³/mol. The summed E-state index contributed by atoms with van der Waals surface area (Å²) in [6.07, 6.45) is 0. The van der Waals surface area contributed by atoms with Crippen molar-refractivity contribution in [2.24, 2.45) is 0 Å². The SMILES string of the molecule is Cc1c(C(=O)O)cc(OC(=O)c2ccccc2)c(OC(=O)c2ccccc2)c1OC(=O)c1ccccc1. The molecule has 37 heavy (non-hydrogen) atoms. The fourth-order valence-corrected chi connectivity index (χ4v) is 3.41. The summed E-state index contributed by atoms with van der Waals surface area (Å²) >= 11 is 0. The van der Waals surface area contributed by atoms with Gasteiger partial charge in [-0.2, -0.15) is 0 Å². The van der Waals surface area contributed by atoms with Crippen LogP contribution >= 0.6 is 0 Å². The average molecular weight is 496 g/mol. The average Bonchev–Trinajstić information content (AvgIpc) is 2.93. The molecule has 0 fully saturated rings. The standard InChI is InChI=1S/C29H20O8/c1-18-22(26(30)31)17-23(35-27(32)19-11-5-2-6-12-19)25(37-29(34)21-15-9-4-10-16-21)24(18)36-28(33)20-13-7-3-8-14-20/h2-17H,1H3,(H,30,31). The number of carbonyl (C=O) groups excluding carboxylic acids is 3. The maximum Gasteiger partial charge on any atom is 0.343 e. The van der Waals surface area contributed by atoms with Gasteiger partial charge in [0.15, 0.2) is 11.5 Å². The summed E-state index contributed by atoms with van der Waals surface area (Å²) in [5, 5.41) is 9.78. The molecule has 0 aromatic heterocycles. The molecule has 0 amide bonds. The van der Waals surface area contributed by atoms with Crippen molar-refractivity contribution in [3.8, 4) is 17.2 Å². The number of rotatable bonds is 7. The van der Waals surface area contributed by atoms with Crippen LogP contribution in [0.15, 0.2) is 97.1 Å². The van der Waals surface area contributed by atoms with Crippen LogP contribution < -0.4 is 14.2 Å². The number of carboxylic acids is 1. The van der Waals surface area contributed by atoms with Crippen LogP contribution in [0.1, 0.15) is 47.0 Å². The number of carbonyl (C=O) groups is 4. The molecule has 0 unspecified atom stereocenters. The van der Waals surface area contributed by atoms with Crippen LogP contribution in [0.5, 0.6) is 17.2 Å². The summed E-state index contributed by atoms with van der Waals surface area (Å²) in [4.78, 5) is 50.7. The zero-order valence-corrected chi connectivity index (χ0v) is 19.5. The highest BCUT2D eigenvalue weighted by Crippen LogP contribution is 2.43. The van der Waals surface area contributed by atoms with E-state index in [1.165, 1.54) is 43.3 Å². The molecule has 0 bridgehead atoms. The quantitative estimate of drug-likeness (QED) is 0.269. The maximum atomic E-state index is 12.9. The molecular weight excluding hydrogens is 476 g/mol. The van der Waals surface area contributed by atoms with Crippen molar-refractivity contribution in [3.05, 3.63) is 125 Å². The van der Waals surface area contributed by atoms with Crippen molar-refractivity contribution in [1.82, 2.24) is 0 Å². The second-order valence-corrected chi connectivity index (χ2v) is 7.78. The van der Waals surface area contributed by atoms with Gasteiger partial charge in [-0.1, -0.05) is 54.6 Å². The van der Waals surface area contributed by atoms with Gasteiger partial charge in [-0.05, 0) is 49.4 Å². The molecule has 0 aliphatic heterocycles. The lowest BCUT2D eigenvalue weighted by Gasteiger charge is -2.18. The predicted octanol–water partition coefficient (Wildman–Crippen LogP) is 5.35. The number of hydrogen-bond acceptors (Lipinski definition) is 7. The third-order valence-corrected chi connectivity index (χ3v) is 5.30. The number of ether oxygens (including phenoxy) is 3. The lowest BCUT2D eigenvalue weighted by atomic mass is 10.1. The Morgan fingerprint density at radius 3 is 1.35 bits per heavy atom. The largest absolute Gasteiger partial charge is 0.478 e. The van der Waals surface area contributed by atoms with Crippen molar-refractivity contribution in [1.29, 1.82) is 0 Å². The van der Waals surface area contributed by atoms with Crippen LogP contribution in [0.4, 0.5) is 0 Å². The minimum atomic E-state index is -1.37. The summed E-state index contributed by atoms with van der Waals surface area (Å²) in [7, 11) is 0. The Hall–Kier alpha value is -5.24. The van der Waals surface area contributed by atoms with E-state index in [9.17, 15) is 24.3 Å². The van der Waals surface area contributed by atoms with Crippen LogP contribution in [-0.4, -0.2) is 29.0 Å². The second kappa shape index (κ2) is 11.0. The van der Waals surface area contributed by atoms with Crippen LogP contribution in [0.2, 0.25) is 0 Å². The molecule has 0 saturated carbocycles. The van der Waals surface area contributed by atoms with Gasteiger partial charge in [0.2, 0.25) is 5.75 Å². The molecule has 0 spiro atoms. The summed E-state index contributed by atoms with van der Waals surface area (Å²) in [6.45, 7) is 1.39. The fourth-order valence-electron chi connectivity index (χ4n) is 3.41. The molecule has 0 saturated heterocycles.